The topological polar surface area (TPSA) is 78.6 Å². The zero-order valence-electron chi connectivity index (χ0n) is 23.9. The van der Waals surface area contributed by atoms with Gasteiger partial charge in [0.05, 0.1) is 6.10 Å². The summed E-state index contributed by atoms with van der Waals surface area (Å²) in [6.07, 6.45) is 4.55. The highest BCUT2D eigenvalue weighted by molar-refractivity contribution is 6.09. The molecule has 41 heavy (non-hydrogen) atoms. The molecule has 0 heterocycles. The Morgan fingerprint density at radius 2 is 1.12 bits per heavy atom. The van der Waals surface area contributed by atoms with Crippen LogP contribution in [0.3, 0.4) is 0 Å². The molecule has 5 heteroatoms. The summed E-state index contributed by atoms with van der Waals surface area (Å²) in [6.45, 7) is 6.15. The molecule has 0 aliphatic heterocycles. The Bertz CT molecular complexity index is 1480. The number of hydrogen-bond donors (Lipinski definition) is 1. The van der Waals surface area contributed by atoms with E-state index in [2.05, 4.69) is 13.8 Å². The first-order valence-electron chi connectivity index (χ1n) is 14.4. The zero-order chi connectivity index (χ0) is 29.0. The van der Waals surface area contributed by atoms with Gasteiger partial charge < -0.3 is 15.2 Å². The molecule has 2 atom stereocenters. The van der Waals surface area contributed by atoms with Gasteiger partial charge in [-0.1, -0.05) is 44.0 Å². The molecule has 5 rings (SSSR count). The molecule has 1 aliphatic carbocycles. The van der Waals surface area contributed by atoms with Gasteiger partial charge in [0, 0.05) is 27.8 Å². The summed E-state index contributed by atoms with van der Waals surface area (Å²) >= 11 is 0. The Hall–Kier alpha value is -4.22. The molecule has 210 valence electrons. The van der Waals surface area contributed by atoms with E-state index in [4.69, 9.17) is 15.2 Å². The van der Waals surface area contributed by atoms with Crippen LogP contribution in [0.25, 0.3) is 0 Å². The second kappa shape index (κ2) is 12.1. The van der Waals surface area contributed by atoms with E-state index in [0.29, 0.717) is 33.8 Å². The first-order valence-corrected chi connectivity index (χ1v) is 14.4. The minimum Gasteiger partial charge on any atom is -0.491 e. The fraction of sp³-hybridized carbons (Fsp3) is 0.278. The number of ketones is 2. The minimum atomic E-state index is -0.374. The lowest BCUT2D eigenvalue weighted by Gasteiger charge is -2.25. The number of carbonyl (C=O) groups excluding carboxylic acids is 2. The second-order valence-corrected chi connectivity index (χ2v) is 11.3. The van der Waals surface area contributed by atoms with E-state index >= 15 is 0 Å². The van der Waals surface area contributed by atoms with Crippen LogP contribution >= 0.6 is 0 Å². The van der Waals surface area contributed by atoms with E-state index in [1.54, 1.807) is 60.7 Å². The van der Waals surface area contributed by atoms with Gasteiger partial charge >= 0.3 is 0 Å². The van der Waals surface area contributed by atoms with Crippen LogP contribution in [0.2, 0.25) is 0 Å². The Morgan fingerprint density at radius 1 is 0.732 bits per heavy atom. The minimum absolute atomic E-state index is 0.0497. The van der Waals surface area contributed by atoms with Crippen LogP contribution in [-0.4, -0.2) is 17.7 Å². The summed E-state index contributed by atoms with van der Waals surface area (Å²) in [6, 6.07) is 29.0. The average molecular weight is 548 g/mol. The molecule has 1 saturated carbocycles. The molecule has 5 nitrogen and oxygen atoms in total. The predicted octanol–water partition coefficient (Wildman–Crippen LogP) is 8.09. The van der Waals surface area contributed by atoms with E-state index in [1.807, 2.05) is 43.3 Å². The van der Waals surface area contributed by atoms with Gasteiger partial charge in [0.2, 0.25) is 0 Å². The van der Waals surface area contributed by atoms with Crippen molar-refractivity contribution >= 4 is 11.6 Å². The number of ether oxygens (including phenoxy) is 2. The van der Waals surface area contributed by atoms with Gasteiger partial charge in [0.15, 0.2) is 11.6 Å². The van der Waals surface area contributed by atoms with Crippen molar-refractivity contribution in [2.45, 2.75) is 58.1 Å². The predicted molar refractivity (Wildman–Crippen MR) is 162 cm³/mol. The normalized spacial score (nSPS) is 15.0. The molecule has 0 aromatic heterocycles. The van der Waals surface area contributed by atoms with Crippen molar-refractivity contribution in [3.8, 4) is 17.2 Å². The van der Waals surface area contributed by atoms with E-state index in [0.717, 1.165) is 30.1 Å². The third-order valence-electron chi connectivity index (χ3n) is 7.71. The van der Waals surface area contributed by atoms with Crippen LogP contribution in [0, 0.1) is 5.92 Å². The van der Waals surface area contributed by atoms with Gasteiger partial charge in [-0.25, -0.2) is 0 Å². The van der Waals surface area contributed by atoms with E-state index in [1.165, 1.54) is 12.8 Å². The molecule has 4 aromatic rings. The van der Waals surface area contributed by atoms with Crippen molar-refractivity contribution in [1.82, 2.24) is 0 Å². The molecule has 4 aromatic carbocycles. The standard InChI is InChI=1S/C36H37NO4/c1-4-24(2)40-31-17-9-27(10-18-31)35(39)29-13-21-33(22-14-29)41-32-19-11-28(12-20-32)34(38)26-7-15-30(16-8-26)36(3,37)23-25-5-6-25/h7-22,24-25H,4-6,23,37H2,1-3H3. The monoisotopic (exact) mass is 547 g/mol. The Morgan fingerprint density at radius 3 is 1.51 bits per heavy atom. The van der Waals surface area contributed by atoms with Crippen molar-refractivity contribution in [2.75, 3.05) is 0 Å². The lowest BCUT2D eigenvalue weighted by molar-refractivity contribution is 0.103. The summed E-state index contributed by atoms with van der Waals surface area (Å²) < 4.78 is 11.8. The van der Waals surface area contributed by atoms with Crippen molar-refractivity contribution in [3.05, 3.63) is 125 Å². The number of rotatable bonds is 12. The third kappa shape index (κ3) is 7.11. The Labute approximate surface area is 242 Å². The van der Waals surface area contributed by atoms with Crippen molar-refractivity contribution < 1.29 is 19.1 Å². The molecule has 0 saturated heterocycles. The average Bonchev–Trinajstić information content (AvgIpc) is 3.81. The maximum Gasteiger partial charge on any atom is 0.193 e. The molecular formula is C36H37NO4. The van der Waals surface area contributed by atoms with E-state index < -0.39 is 0 Å². The fourth-order valence-electron chi connectivity index (χ4n) is 4.86. The highest BCUT2D eigenvalue weighted by Gasteiger charge is 2.31. The second-order valence-electron chi connectivity index (χ2n) is 11.3. The van der Waals surface area contributed by atoms with Crippen LogP contribution in [0.1, 0.15) is 83.9 Å². The van der Waals surface area contributed by atoms with Gasteiger partial charge in [0.25, 0.3) is 0 Å². The highest BCUT2D eigenvalue weighted by Crippen LogP contribution is 2.39. The van der Waals surface area contributed by atoms with E-state index in [-0.39, 0.29) is 23.2 Å². The quantitative estimate of drug-likeness (QED) is 0.181. The first-order chi connectivity index (χ1) is 19.7. The van der Waals surface area contributed by atoms with Crippen LogP contribution in [0.5, 0.6) is 17.2 Å². The molecule has 2 N–H and O–H groups in total. The summed E-state index contributed by atoms with van der Waals surface area (Å²) in [5.74, 6) is 2.57. The molecule has 1 fully saturated rings. The van der Waals surface area contributed by atoms with Gasteiger partial charge in [-0.2, -0.15) is 0 Å². The van der Waals surface area contributed by atoms with E-state index in [9.17, 15) is 9.59 Å². The lowest BCUT2D eigenvalue weighted by Crippen LogP contribution is -2.33. The first kappa shape index (κ1) is 28.3. The summed E-state index contributed by atoms with van der Waals surface area (Å²) in [5, 5.41) is 0. The fourth-order valence-corrected chi connectivity index (χ4v) is 4.86. The van der Waals surface area contributed by atoms with Crippen molar-refractivity contribution in [1.29, 1.82) is 0 Å². The largest absolute Gasteiger partial charge is 0.491 e. The molecule has 0 radical (unpaired) electrons. The van der Waals surface area contributed by atoms with Crippen LogP contribution in [0.4, 0.5) is 0 Å². The van der Waals surface area contributed by atoms with Gasteiger partial charge in [-0.15, -0.1) is 0 Å². The van der Waals surface area contributed by atoms with Gasteiger partial charge in [-0.05, 0) is 111 Å². The smallest absolute Gasteiger partial charge is 0.193 e. The summed E-state index contributed by atoms with van der Waals surface area (Å²) in [4.78, 5) is 26.0. The highest BCUT2D eigenvalue weighted by atomic mass is 16.5. The Balaban J connectivity index is 1.18. The van der Waals surface area contributed by atoms with Gasteiger partial charge in [0.1, 0.15) is 17.2 Å². The maximum atomic E-state index is 13.1. The molecule has 0 amide bonds. The number of hydrogen-bond acceptors (Lipinski definition) is 5. The third-order valence-corrected chi connectivity index (χ3v) is 7.71. The molecule has 0 spiro atoms. The molecular weight excluding hydrogens is 510 g/mol. The van der Waals surface area contributed by atoms with Crippen molar-refractivity contribution in [3.63, 3.8) is 0 Å². The maximum absolute atomic E-state index is 13.1. The van der Waals surface area contributed by atoms with Gasteiger partial charge in [-0.3, -0.25) is 9.59 Å². The van der Waals surface area contributed by atoms with Crippen LogP contribution in [0.15, 0.2) is 97.1 Å². The van der Waals surface area contributed by atoms with Crippen LogP contribution < -0.4 is 15.2 Å². The number of benzene rings is 4. The molecule has 1 aliphatic rings. The number of nitrogens with two attached hydrogens (primary N) is 1. The Kier molecular flexibility index (Phi) is 8.36. The summed E-state index contributed by atoms with van der Waals surface area (Å²) in [5.41, 5.74) is 9.61. The lowest BCUT2D eigenvalue weighted by atomic mass is 9.87. The van der Waals surface area contributed by atoms with Crippen LogP contribution in [-0.2, 0) is 5.54 Å². The van der Waals surface area contributed by atoms with Crippen molar-refractivity contribution in [2.24, 2.45) is 11.7 Å². The zero-order valence-corrected chi connectivity index (χ0v) is 23.9. The SMILES string of the molecule is CCC(C)Oc1ccc(C(=O)c2ccc(Oc3ccc(C(=O)c4ccc(C(C)(N)CC5CC5)cc4)cc3)cc2)cc1. The molecule has 2 unspecified atom stereocenters. The number of carbonyl (C=O) groups is 2. The summed E-state index contributed by atoms with van der Waals surface area (Å²) in [7, 11) is 0. The molecule has 0 bridgehead atoms.